The fourth-order valence-electron chi connectivity index (χ4n) is 2.35. The number of ether oxygens (including phenoxy) is 2. The number of nitrogens with one attached hydrogen (secondary N) is 2. The minimum atomic E-state index is -0.335. The first-order chi connectivity index (χ1) is 12.5. The third-order valence-electron chi connectivity index (χ3n) is 3.51. The Hall–Kier alpha value is -2.86. The summed E-state index contributed by atoms with van der Waals surface area (Å²) >= 11 is 0. The maximum atomic E-state index is 12.7. The maximum absolute atomic E-state index is 12.7. The summed E-state index contributed by atoms with van der Waals surface area (Å²) in [5.41, 5.74) is 1.24. The predicted octanol–water partition coefficient (Wildman–Crippen LogP) is 3.10. The molecule has 0 saturated carbocycles. The van der Waals surface area contributed by atoms with Crippen LogP contribution in [0.2, 0.25) is 0 Å². The molecule has 2 amide bonds. The van der Waals surface area contributed by atoms with Crippen molar-refractivity contribution >= 4 is 17.5 Å². The number of amides is 2. The van der Waals surface area contributed by atoms with Gasteiger partial charge in [-0.1, -0.05) is 24.3 Å². The van der Waals surface area contributed by atoms with Gasteiger partial charge in [0.15, 0.2) is 0 Å². The van der Waals surface area contributed by atoms with Gasteiger partial charge in [0.1, 0.15) is 5.75 Å². The topological polar surface area (TPSA) is 76.7 Å². The largest absolute Gasteiger partial charge is 0.490 e. The van der Waals surface area contributed by atoms with Gasteiger partial charge in [-0.05, 0) is 38.1 Å². The fourth-order valence-corrected chi connectivity index (χ4v) is 2.35. The molecule has 6 heteroatoms. The van der Waals surface area contributed by atoms with Crippen molar-refractivity contribution in [2.45, 2.75) is 20.0 Å². The SMILES string of the molecule is COCCNC(=O)c1ccccc1NC(=O)c1ccccc1OC(C)C. The van der Waals surface area contributed by atoms with E-state index in [1.807, 2.05) is 19.9 Å². The smallest absolute Gasteiger partial charge is 0.259 e. The monoisotopic (exact) mass is 356 g/mol. The second-order valence-electron chi connectivity index (χ2n) is 5.91. The summed E-state index contributed by atoms with van der Waals surface area (Å²) in [7, 11) is 1.57. The number of anilines is 1. The van der Waals surface area contributed by atoms with Crippen LogP contribution in [0.3, 0.4) is 0 Å². The molecule has 0 bridgehead atoms. The average molecular weight is 356 g/mol. The first kappa shape index (κ1) is 19.5. The van der Waals surface area contributed by atoms with E-state index in [1.54, 1.807) is 49.6 Å². The fraction of sp³-hybridized carbons (Fsp3) is 0.300. The molecule has 2 rings (SSSR count). The average Bonchev–Trinajstić information content (AvgIpc) is 2.62. The van der Waals surface area contributed by atoms with E-state index in [2.05, 4.69) is 10.6 Å². The summed E-state index contributed by atoms with van der Waals surface area (Å²) in [6, 6.07) is 13.9. The minimum absolute atomic E-state index is 0.0530. The van der Waals surface area contributed by atoms with Crippen molar-refractivity contribution in [3.8, 4) is 5.75 Å². The Morgan fingerprint density at radius 2 is 1.62 bits per heavy atom. The molecule has 0 fully saturated rings. The summed E-state index contributed by atoms with van der Waals surface area (Å²) in [5, 5.41) is 5.55. The lowest BCUT2D eigenvalue weighted by atomic mass is 10.1. The van der Waals surface area contributed by atoms with Crippen LogP contribution in [0.4, 0.5) is 5.69 Å². The number of carbonyl (C=O) groups excluding carboxylic acids is 2. The van der Waals surface area contributed by atoms with Crippen LogP contribution in [0.5, 0.6) is 5.75 Å². The third-order valence-corrected chi connectivity index (χ3v) is 3.51. The van der Waals surface area contributed by atoms with Gasteiger partial charge in [-0.3, -0.25) is 9.59 Å². The molecular formula is C20H24N2O4. The molecule has 0 heterocycles. The van der Waals surface area contributed by atoms with E-state index < -0.39 is 0 Å². The number of carbonyl (C=O) groups is 2. The van der Waals surface area contributed by atoms with Crippen LogP contribution < -0.4 is 15.4 Å². The van der Waals surface area contributed by atoms with Crippen molar-refractivity contribution in [2.24, 2.45) is 0 Å². The Labute approximate surface area is 153 Å². The molecule has 2 aromatic carbocycles. The predicted molar refractivity (Wildman–Crippen MR) is 101 cm³/mol. The molecule has 0 unspecified atom stereocenters. The van der Waals surface area contributed by atoms with Crippen LogP contribution in [0.25, 0.3) is 0 Å². The van der Waals surface area contributed by atoms with Gasteiger partial charge in [0.05, 0.1) is 29.5 Å². The molecule has 0 aromatic heterocycles. The molecule has 0 aliphatic rings. The van der Waals surface area contributed by atoms with E-state index in [0.717, 1.165) is 0 Å². The number of benzene rings is 2. The highest BCUT2D eigenvalue weighted by atomic mass is 16.5. The van der Waals surface area contributed by atoms with E-state index in [0.29, 0.717) is 35.7 Å². The molecule has 26 heavy (non-hydrogen) atoms. The standard InChI is InChI=1S/C20H24N2O4/c1-14(2)26-18-11-7-5-9-16(18)20(24)22-17-10-6-4-8-15(17)19(23)21-12-13-25-3/h4-11,14H,12-13H2,1-3H3,(H,21,23)(H,22,24). The summed E-state index contributed by atoms with van der Waals surface area (Å²) in [6.07, 6.45) is -0.0530. The minimum Gasteiger partial charge on any atom is -0.490 e. The molecule has 2 N–H and O–H groups in total. The number of methoxy groups -OCH3 is 1. The van der Waals surface area contributed by atoms with Gasteiger partial charge >= 0.3 is 0 Å². The molecule has 0 aliphatic heterocycles. The van der Waals surface area contributed by atoms with Gasteiger partial charge in [-0.2, -0.15) is 0 Å². The molecule has 0 atom stereocenters. The van der Waals surface area contributed by atoms with E-state index in [4.69, 9.17) is 9.47 Å². The Morgan fingerprint density at radius 1 is 0.962 bits per heavy atom. The third kappa shape index (κ3) is 5.32. The highest BCUT2D eigenvalue weighted by Crippen LogP contribution is 2.22. The zero-order valence-electron chi connectivity index (χ0n) is 15.2. The molecule has 0 radical (unpaired) electrons. The molecule has 138 valence electrons. The number of para-hydroxylation sites is 2. The quantitative estimate of drug-likeness (QED) is 0.713. The van der Waals surface area contributed by atoms with Crippen LogP contribution >= 0.6 is 0 Å². The molecule has 0 aliphatic carbocycles. The Bertz CT molecular complexity index is 759. The lowest BCUT2D eigenvalue weighted by Gasteiger charge is -2.15. The summed E-state index contributed by atoms with van der Waals surface area (Å²) in [4.78, 5) is 25.0. The maximum Gasteiger partial charge on any atom is 0.259 e. The Balaban J connectivity index is 2.19. The van der Waals surface area contributed by atoms with Crippen molar-refractivity contribution < 1.29 is 19.1 Å². The van der Waals surface area contributed by atoms with Crippen molar-refractivity contribution in [3.05, 3.63) is 59.7 Å². The van der Waals surface area contributed by atoms with Gasteiger partial charge in [-0.15, -0.1) is 0 Å². The number of rotatable bonds is 8. The summed E-state index contributed by atoms with van der Waals surface area (Å²) in [6.45, 7) is 4.60. The second-order valence-corrected chi connectivity index (χ2v) is 5.91. The Morgan fingerprint density at radius 3 is 2.31 bits per heavy atom. The Kier molecular flexibility index (Phi) is 7.17. The number of hydrogen-bond acceptors (Lipinski definition) is 4. The molecule has 2 aromatic rings. The van der Waals surface area contributed by atoms with E-state index in [9.17, 15) is 9.59 Å². The van der Waals surface area contributed by atoms with Crippen LogP contribution in [0.15, 0.2) is 48.5 Å². The molecule has 6 nitrogen and oxygen atoms in total. The normalized spacial score (nSPS) is 10.5. The lowest BCUT2D eigenvalue weighted by molar-refractivity contribution is 0.0938. The first-order valence-corrected chi connectivity index (χ1v) is 8.46. The van der Waals surface area contributed by atoms with E-state index in [1.165, 1.54) is 0 Å². The van der Waals surface area contributed by atoms with Gasteiger partial charge in [0.2, 0.25) is 0 Å². The van der Waals surface area contributed by atoms with Gasteiger partial charge in [-0.25, -0.2) is 0 Å². The van der Waals surface area contributed by atoms with Crippen molar-refractivity contribution in [1.29, 1.82) is 0 Å². The lowest BCUT2D eigenvalue weighted by Crippen LogP contribution is -2.28. The highest BCUT2D eigenvalue weighted by Gasteiger charge is 2.17. The van der Waals surface area contributed by atoms with Crippen molar-refractivity contribution in [1.82, 2.24) is 5.32 Å². The molecular weight excluding hydrogens is 332 g/mol. The summed E-state index contributed by atoms with van der Waals surface area (Å²) < 4.78 is 10.6. The molecule has 0 spiro atoms. The van der Waals surface area contributed by atoms with Crippen LogP contribution in [0.1, 0.15) is 34.6 Å². The zero-order valence-corrected chi connectivity index (χ0v) is 15.2. The molecule has 0 saturated heterocycles. The van der Waals surface area contributed by atoms with E-state index >= 15 is 0 Å². The van der Waals surface area contributed by atoms with Gasteiger partial charge in [0, 0.05) is 13.7 Å². The van der Waals surface area contributed by atoms with Crippen LogP contribution in [0, 0.1) is 0 Å². The number of hydrogen-bond donors (Lipinski definition) is 2. The van der Waals surface area contributed by atoms with Crippen molar-refractivity contribution in [3.63, 3.8) is 0 Å². The second kappa shape index (κ2) is 9.58. The first-order valence-electron chi connectivity index (χ1n) is 8.46. The van der Waals surface area contributed by atoms with Gasteiger partial charge in [0.25, 0.3) is 11.8 Å². The zero-order chi connectivity index (χ0) is 18.9. The highest BCUT2D eigenvalue weighted by molar-refractivity contribution is 6.10. The van der Waals surface area contributed by atoms with Crippen LogP contribution in [-0.2, 0) is 4.74 Å². The summed E-state index contributed by atoms with van der Waals surface area (Å²) in [5.74, 6) is -0.106. The van der Waals surface area contributed by atoms with Crippen LogP contribution in [-0.4, -0.2) is 38.2 Å². The van der Waals surface area contributed by atoms with Crippen molar-refractivity contribution in [2.75, 3.05) is 25.6 Å². The van der Waals surface area contributed by atoms with Gasteiger partial charge < -0.3 is 20.1 Å². The van der Waals surface area contributed by atoms with E-state index in [-0.39, 0.29) is 17.9 Å².